The van der Waals surface area contributed by atoms with Crippen LogP contribution in [0.15, 0.2) is 5.51 Å². The zero-order valence-corrected chi connectivity index (χ0v) is 13.2. The lowest BCUT2D eigenvalue weighted by atomic mass is 9.88. The molecule has 5 heteroatoms. The number of aromatic nitrogens is 1. The number of piperidine rings is 1. The molecule has 0 aliphatic carbocycles. The summed E-state index contributed by atoms with van der Waals surface area (Å²) in [6, 6.07) is 0.817. The van der Waals surface area contributed by atoms with Gasteiger partial charge in [-0.2, -0.15) is 0 Å². The number of thiazole rings is 1. The van der Waals surface area contributed by atoms with Gasteiger partial charge in [-0.25, -0.2) is 4.98 Å². The maximum atomic E-state index is 4.34. The van der Waals surface area contributed by atoms with Gasteiger partial charge in [-0.1, -0.05) is 0 Å². The highest BCUT2D eigenvalue weighted by Crippen LogP contribution is 2.27. The Bertz CT molecular complexity index is 382. The molecule has 3 heterocycles. The van der Waals surface area contributed by atoms with Crippen molar-refractivity contribution in [1.29, 1.82) is 0 Å². The number of nitrogens with one attached hydrogen (secondary N) is 1. The lowest BCUT2D eigenvalue weighted by Crippen LogP contribution is -2.40. The molecule has 2 aliphatic rings. The SMILES string of the molecule is Cc1ncsc1CN1CCC(C2CCCN2)CC1.Cl. The smallest absolute Gasteiger partial charge is 0.0798 e. The summed E-state index contributed by atoms with van der Waals surface area (Å²) >= 11 is 1.80. The van der Waals surface area contributed by atoms with E-state index in [1.165, 1.54) is 55.9 Å². The zero-order valence-electron chi connectivity index (χ0n) is 11.6. The maximum Gasteiger partial charge on any atom is 0.0798 e. The molecule has 3 nitrogen and oxygen atoms in total. The molecule has 0 aromatic carbocycles. The van der Waals surface area contributed by atoms with Crippen LogP contribution in [0.5, 0.6) is 0 Å². The van der Waals surface area contributed by atoms with Crippen molar-refractivity contribution < 1.29 is 0 Å². The Morgan fingerprint density at radius 2 is 2.16 bits per heavy atom. The van der Waals surface area contributed by atoms with Crippen LogP contribution in [0.25, 0.3) is 0 Å². The minimum Gasteiger partial charge on any atom is -0.314 e. The molecular formula is C14H24ClN3S. The highest BCUT2D eigenvalue weighted by molar-refractivity contribution is 7.09. The minimum atomic E-state index is 0. The Hall–Kier alpha value is -0.160. The van der Waals surface area contributed by atoms with Crippen molar-refractivity contribution in [2.45, 2.75) is 45.2 Å². The number of halogens is 1. The molecule has 0 spiro atoms. The molecule has 1 atom stereocenters. The van der Waals surface area contributed by atoms with Crippen LogP contribution >= 0.6 is 23.7 Å². The van der Waals surface area contributed by atoms with E-state index < -0.39 is 0 Å². The second-order valence-corrected chi connectivity index (χ2v) is 6.62. The summed E-state index contributed by atoms with van der Waals surface area (Å²) in [6.07, 6.45) is 5.52. The molecule has 0 amide bonds. The van der Waals surface area contributed by atoms with Gasteiger partial charge in [0.15, 0.2) is 0 Å². The molecule has 3 rings (SSSR count). The van der Waals surface area contributed by atoms with Crippen LogP contribution in [0.3, 0.4) is 0 Å². The van der Waals surface area contributed by atoms with Crippen LogP contribution in [-0.2, 0) is 6.54 Å². The van der Waals surface area contributed by atoms with Gasteiger partial charge in [-0.15, -0.1) is 23.7 Å². The number of nitrogens with zero attached hydrogens (tertiary/aromatic N) is 2. The third-order valence-corrected chi connectivity index (χ3v) is 5.43. The third-order valence-electron chi connectivity index (χ3n) is 4.51. The summed E-state index contributed by atoms with van der Waals surface area (Å²) in [4.78, 5) is 8.40. The van der Waals surface area contributed by atoms with E-state index in [4.69, 9.17) is 0 Å². The number of hydrogen-bond acceptors (Lipinski definition) is 4. The van der Waals surface area contributed by atoms with E-state index in [0.29, 0.717) is 0 Å². The van der Waals surface area contributed by atoms with E-state index in [9.17, 15) is 0 Å². The molecular weight excluding hydrogens is 278 g/mol. The van der Waals surface area contributed by atoms with Gasteiger partial charge in [0.05, 0.1) is 11.2 Å². The molecule has 2 saturated heterocycles. The Labute approximate surface area is 126 Å². The van der Waals surface area contributed by atoms with E-state index in [-0.39, 0.29) is 12.4 Å². The summed E-state index contributed by atoms with van der Waals surface area (Å²) in [5.74, 6) is 0.923. The molecule has 1 N–H and O–H groups in total. The first-order valence-electron chi connectivity index (χ1n) is 7.17. The van der Waals surface area contributed by atoms with E-state index in [1.807, 2.05) is 5.51 Å². The average Bonchev–Trinajstić information content (AvgIpc) is 3.03. The highest BCUT2D eigenvalue weighted by Gasteiger charge is 2.28. The monoisotopic (exact) mass is 301 g/mol. The van der Waals surface area contributed by atoms with Crippen molar-refractivity contribution in [2.75, 3.05) is 19.6 Å². The molecule has 1 aromatic heterocycles. The standard InChI is InChI=1S/C14H23N3S.ClH/c1-11-14(18-10-16-11)9-17-7-4-12(5-8-17)13-3-2-6-15-13;/h10,12-13,15H,2-9H2,1H3;1H. The predicted molar refractivity (Wildman–Crippen MR) is 83.1 cm³/mol. The molecule has 1 unspecified atom stereocenters. The molecule has 0 radical (unpaired) electrons. The molecule has 1 aromatic rings. The van der Waals surface area contributed by atoms with Crippen molar-refractivity contribution in [3.8, 4) is 0 Å². The van der Waals surface area contributed by atoms with Crippen molar-refractivity contribution in [3.63, 3.8) is 0 Å². The van der Waals surface area contributed by atoms with Gasteiger partial charge in [0.2, 0.25) is 0 Å². The molecule has 2 fully saturated rings. The Morgan fingerprint density at radius 1 is 1.37 bits per heavy atom. The number of hydrogen-bond donors (Lipinski definition) is 1. The summed E-state index contributed by atoms with van der Waals surface area (Å²) in [6.45, 7) is 7.01. The first-order chi connectivity index (χ1) is 8.83. The third kappa shape index (κ3) is 3.69. The van der Waals surface area contributed by atoms with Gasteiger partial charge in [-0.05, 0) is 58.2 Å². The van der Waals surface area contributed by atoms with Crippen molar-refractivity contribution >= 4 is 23.7 Å². The fraction of sp³-hybridized carbons (Fsp3) is 0.786. The van der Waals surface area contributed by atoms with Crippen LogP contribution in [0.2, 0.25) is 0 Å². The largest absolute Gasteiger partial charge is 0.314 e. The summed E-state index contributed by atoms with van der Waals surface area (Å²) in [5, 5.41) is 3.67. The summed E-state index contributed by atoms with van der Waals surface area (Å²) in [7, 11) is 0. The molecule has 0 saturated carbocycles. The first-order valence-corrected chi connectivity index (χ1v) is 8.05. The molecule has 108 valence electrons. The zero-order chi connectivity index (χ0) is 12.4. The Kier molecular flexibility index (Phi) is 5.63. The second kappa shape index (κ2) is 7.02. The van der Waals surface area contributed by atoms with Gasteiger partial charge < -0.3 is 5.32 Å². The van der Waals surface area contributed by atoms with Crippen LogP contribution in [0.4, 0.5) is 0 Å². The Morgan fingerprint density at radius 3 is 2.74 bits per heavy atom. The minimum absolute atomic E-state index is 0. The van der Waals surface area contributed by atoms with E-state index in [1.54, 1.807) is 11.3 Å². The lowest BCUT2D eigenvalue weighted by Gasteiger charge is -2.34. The number of aryl methyl sites for hydroxylation is 1. The average molecular weight is 302 g/mol. The van der Waals surface area contributed by atoms with Crippen LogP contribution in [0.1, 0.15) is 36.3 Å². The van der Waals surface area contributed by atoms with Crippen molar-refractivity contribution in [3.05, 3.63) is 16.1 Å². The van der Waals surface area contributed by atoms with E-state index in [2.05, 4.69) is 22.1 Å². The normalized spacial score (nSPS) is 25.4. The Balaban J connectivity index is 0.00000133. The van der Waals surface area contributed by atoms with Gasteiger partial charge in [0, 0.05) is 17.5 Å². The van der Waals surface area contributed by atoms with Gasteiger partial charge in [0.1, 0.15) is 0 Å². The van der Waals surface area contributed by atoms with Crippen LogP contribution in [0, 0.1) is 12.8 Å². The van der Waals surface area contributed by atoms with E-state index >= 15 is 0 Å². The summed E-state index contributed by atoms with van der Waals surface area (Å²) in [5.41, 5.74) is 3.19. The quantitative estimate of drug-likeness (QED) is 0.930. The van der Waals surface area contributed by atoms with E-state index in [0.717, 1.165) is 18.5 Å². The topological polar surface area (TPSA) is 28.2 Å². The highest BCUT2D eigenvalue weighted by atomic mass is 35.5. The van der Waals surface area contributed by atoms with Crippen LogP contribution < -0.4 is 5.32 Å². The van der Waals surface area contributed by atoms with Crippen molar-refractivity contribution in [2.24, 2.45) is 5.92 Å². The maximum absolute atomic E-state index is 4.34. The van der Waals surface area contributed by atoms with Gasteiger partial charge >= 0.3 is 0 Å². The second-order valence-electron chi connectivity index (χ2n) is 5.68. The molecule has 0 bridgehead atoms. The first kappa shape index (κ1) is 15.2. The van der Waals surface area contributed by atoms with Gasteiger partial charge in [0.25, 0.3) is 0 Å². The van der Waals surface area contributed by atoms with Crippen molar-refractivity contribution in [1.82, 2.24) is 15.2 Å². The molecule has 2 aliphatic heterocycles. The summed E-state index contributed by atoms with van der Waals surface area (Å²) < 4.78 is 0. The fourth-order valence-electron chi connectivity index (χ4n) is 3.31. The number of rotatable bonds is 3. The number of likely N-dealkylation sites (tertiary alicyclic amines) is 1. The fourth-order valence-corrected chi connectivity index (χ4v) is 4.13. The lowest BCUT2D eigenvalue weighted by molar-refractivity contribution is 0.158. The molecule has 19 heavy (non-hydrogen) atoms. The van der Waals surface area contributed by atoms with Gasteiger partial charge in [-0.3, -0.25) is 4.90 Å². The predicted octanol–water partition coefficient (Wildman–Crippen LogP) is 2.84. The van der Waals surface area contributed by atoms with Crippen LogP contribution in [-0.4, -0.2) is 35.6 Å².